The minimum Gasteiger partial charge on any atom is -0.197 e. The molecule has 1 nitrogen and oxygen atoms in total. The van der Waals surface area contributed by atoms with Crippen molar-refractivity contribution < 1.29 is 0 Å². The van der Waals surface area contributed by atoms with Crippen molar-refractivity contribution in [1.29, 1.82) is 0 Å². The van der Waals surface area contributed by atoms with E-state index < -0.39 is 0 Å². The van der Waals surface area contributed by atoms with Gasteiger partial charge in [-0.1, -0.05) is 6.92 Å². The van der Waals surface area contributed by atoms with Gasteiger partial charge in [-0.05, 0) is 49.2 Å². The first kappa shape index (κ1) is 7.29. The van der Waals surface area contributed by atoms with Crippen molar-refractivity contribution in [3.05, 3.63) is 16.1 Å². The van der Waals surface area contributed by atoms with Crippen molar-refractivity contribution in [2.45, 2.75) is 39.0 Å². The van der Waals surface area contributed by atoms with Gasteiger partial charge in [0.1, 0.15) is 0 Å². The lowest BCUT2D eigenvalue weighted by atomic mass is 9.97. The topological polar surface area (TPSA) is 12.9 Å². The van der Waals surface area contributed by atoms with E-state index in [1.807, 2.05) is 0 Å². The number of aromatic nitrogens is 1. The van der Waals surface area contributed by atoms with Gasteiger partial charge in [-0.3, -0.25) is 0 Å². The minimum absolute atomic E-state index is 1.12. The highest BCUT2D eigenvalue weighted by Gasteiger charge is 2.15. The molecule has 1 aromatic heterocycles. The summed E-state index contributed by atoms with van der Waals surface area (Å²) in [5.41, 5.74) is 2.95. The van der Waals surface area contributed by atoms with Crippen LogP contribution in [0, 0.1) is 0 Å². The second-order valence-corrected chi connectivity index (χ2v) is 3.95. The van der Waals surface area contributed by atoms with Crippen LogP contribution in [0.4, 0.5) is 0 Å². The van der Waals surface area contributed by atoms with Crippen molar-refractivity contribution in [1.82, 2.24) is 4.37 Å². The van der Waals surface area contributed by atoms with E-state index in [9.17, 15) is 0 Å². The van der Waals surface area contributed by atoms with Gasteiger partial charge in [-0.15, -0.1) is 0 Å². The van der Waals surface area contributed by atoms with E-state index in [-0.39, 0.29) is 0 Å². The fourth-order valence-corrected chi connectivity index (χ4v) is 2.75. The molecule has 0 fully saturated rings. The lowest BCUT2D eigenvalue weighted by Crippen LogP contribution is -2.00. The molecule has 0 saturated heterocycles. The molecule has 0 bridgehead atoms. The van der Waals surface area contributed by atoms with Crippen LogP contribution < -0.4 is 0 Å². The van der Waals surface area contributed by atoms with Crippen LogP contribution >= 0.6 is 11.5 Å². The van der Waals surface area contributed by atoms with Crippen molar-refractivity contribution in [3.8, 4) is 0 Å². The summed E-state index contributed by atoms with van der Waals surface area (Å²) in [7, 11) is 0. The van der Waals surface area contributed by atoms with Crippen molar-refractivity contribution in [2.24, 2.45) is 0 Å². The molecule has 0 radical (unpaired) electrons. The van der Waals surface area contributed by atoms with Crippen LogP contribution in [0.25, 0.3) is 0 Å². The lowest BCUT2D eigenvalue weighted by molar-refractivity contribution is 0.690. The summed E-state index contributed by atoms with van der Waals surface area (Å²) in [6.07, 6.45) is 6.44. The van der Waals surface area contributed by atoms with Crippen LogP contribution in [0.1, 0.15) is 35.9 Å². The zero-order chi connectivity index (χ0) is 7.68. The molecular formula is C9H13NS. The maximum absolute atomic E-state index is 4.46. The van der Waals surface area contributed by atoms with Crippen LogP contribution in [0.3, 0.4) is 0 Å². The molecule has 1 heterocycles. The number of rotatable bonds is 1. The Morgan fingerprint density at radius 2 is 2.18 bits per heavy atom. The van der Waals surface area contributed by atoms with E-state index in [0.717, 1.165) is 6.42 Å². The number of hydrogen-bond donors (Lipinski definition) is 0. The van der Waals surface area contributed by atoms with Crippen LogP contribution in [0.2, 0.25) is 0 Å². The molecule has 0 aromatic carbocycles. The minimum atomic E-state index is 1.12. The van der Waals surface area contributed by atoms with Gasteiger partial charge in [-0.25, -0.2) is 0 Å². The molecule has 1 aliphatic rings. The number of nitrogens with zero attached hydrogens (tertiary/aromatic N) is 1. The summed E-state index contributed by atoms with van der Waals surface area (Å²) in [5.74, 6) is 0. The zero-order valence-corrected chi connectivity index (χ0v) is 7.71. The first-order chi connectivity index (χ1) is 5.42. The van der Waals surface area contributed by atoms with Gasteiger partial charge in [-0.2, -0.15) is 4.37 Å². The normalized spacial score (nSPS) is 16.5. The Morgan fingerprint density at radius 3 is 3.00 bits per heavy atom. The van der Waals surface area contributed by atoms with E-state index in [2.05, 4.69) is 11.3 Å². The van der Waals surface area contributed by atoms with Gasteiger partial charge in [0.15, 0.2) is 0 Å². The van der Waals surface area contributed by atoms with E-state index in [1.165, 1.54) is 31.4 Å². The van der Waals surface area contributed by atoms with Gasteiger partial charge >= 0.3 is 0 Å². The number of hydrogen-bond acceptors (Lipinski definition) is 2. The molecule has 2 heteroatoms. The fraction of sp³-hybridized carbons (Fsp3) is 0.667. The molecule has 0 N–H and O–H groups in total. The third kappa shape index (κ3) is 1.20. The van der Waals surface area contributed by atoms with Crippen molar-refractivity contribution in [2.75, 3.05) is 0 Å². The molecule has 2 rings (SSSR count). The van der Waals surface area contributed by atoms with Gasteiger partial charge in [0.25, 0.3) is 0 Å². The predicted octanol–water partition coefficient (Wildman–Crippen LogP) is 2.58. The molecular weight excluding hydrogens is 154 g/mol. The Hall–Kier alpha value is -0.370. The van der Waals surface area contributed by atoms with E-state index in [1.54, 1.807) is 22.0 Å². The molecule has 0 saturated carbocycles. The van der Waals surface area contributed by atoms with Gasteiger partial charge in [0.2, 0.25) is 0 Å². The van der Waals surface area contributed by atoms with Gasteiger partial charge in [0.05, 0.1) is 5.69 Å². The molecule has 11 heavy (non-hydrogen) atoms. The van der Waals surface area contributed by atoms with Gasteiger partial charge < -0.3 is 0 Å². The Bertz CT molecular complexity index is 239. The smallest absolute Gasteiger partial charge is 0.0574 e. The summed E-state index contributed by atoms with van der Waals surface area (Å²) in [5, 5.41) is 0. The highest BCUT2D eigenvalue weighted by atomic mass is 32.1. The molecule has 0 amide bonds. The average Bonchev–Trinajstić information content (AvgIpc) is 2.47. The van der Waals surface area contributed by atoms with Crippen LogP contribution in [0.15, 0.2) is 0 Å². The maximum Gasteiger partial charge on any atom is 0.0574 e. The van der Waals surface area contributed by atoms with E-state index >= 15 is 0 Å². The standard InChI is InChI=1S/C9H13NS/c1-2-8-7-5-3-4-6-9(7)11-10-8/h2-6H2,1H3. The van der Waals surface area contributed by atoms with Crippen LogP contribution in [0.5, 0.6) is 0 Å². The third-order valence-corrected chi connectivity index (χ3v) is 3.35. The Labute approximate surface area is 71.6 Å². The average molecular weight is 167 g/mol. The Morgan fingerprint density at radius 1 is 1.36 bits per heavy atom. The summed E-state index contributed by atoms with van der Waals surface area (Å²) < 4.78 is 4.46. The highest BCUT2D eigenvalue weighted by Crippen LogP contribution is 2.27. The Kier molecular flexibility index (Phi) is 1.95. The lowest BCUT2D eigenvalue weighted by Gasteiger charge is -2.09. The van der Waals surface area contributed by atoms with Crippen LogP contribution in [-0.4, -0.2) is 4.37 Å². The highest BCUT2D eigenvalue weighted by molar-refractivity contribution is 7.06. The monoisotopic (exact) mass is 167 g/mol. The molecule has 60 valence electrons. The second kappa shape index (κ2) is 2.94. The SMILES string of the molecule is CCc1nsc2c1CCCC2. The molecule has 0 spiro atoms. The Balaban J connectivity index is 2.38. The number of fused-ring (bicyclic) bond motifs is 1. The molecule has 1 aromatic rings. The predicted molar refractivity (Wildman–Crippen MR) is 48.1 cm³/mol. The maximum atomic E-state index is 4.46. The largest absolute Gasteiger partial charge is 0.197 e. The van der Waals surface area contributed by atoms with Crippen LogP contribution in [-0.2, 0) is 19.3 Å². The van der Waals surface area contributed by atoms with Crippen molar-refractivity contribution >= 4 is 11.5 Å². The van der Waals surface area contributed by atoms with E-state index in [4.69, 9.17) is 0 Å². The molecule has 1 aliphatic carbocycles. The second-order valence-electron chi connectivity index (χ2n) is 3.09. The summed E-state index contributed by atoms with van der Waals surface area (Å²) in [6, 6.07) is 0. The summed E-state index contributed by atoms with van der Waals surface area (Å²) in [4.78, 5) is 1.56. The first-order valence-electron chi connectivity index (χ1n) is 4.38. The summed E-state index contributed by atoms with van der Waals surface area (Å²) >= 11 is 1.73. The number of aryl methyl sites for hydroxylation is 2. The van der Waals surface area contributed by atoms with Crippen molar-refractivity contribution in [3.63, 3.8) is 0 Å². The quantitative estimate of drug-likeness (QED) is 0.626. The molecule has 0 aliphatic heterocycles. The third-order valence-electron chi connectivity index (χ3n) is 2.37. The summed E-state index contributed by atoms with van der Waals surface area (Å²) in [6.45, 7) is 2.20. The molecule has 0 atom stereocenters. The zero-order valence-electron chi connectivity index (χ0n) is 6.89. The first-order valence-corrected chi connectivity index (χ1v) is 5.15. The fourth-order valence-electron chi connectivity index (χ4n) is 1.73. The van der Waals surface area contributed by atoms with E-state index in [0.29, 0.717) is 0 Å². The molecule has 0 unspecified atom stereocenters. The van der Waals surface area contributed by atoms with Gasteiger partial charge in [0, 0.05) is 4.88 Å².